The van der Waals surface area contributed by atoms with Crippen LogP contribution in [0, 0.1) is 5.82 Å². The van der Waals surface area contributed by atoms with Gasteiger partial charge in [0, 0.05) is 19.2 Å². The van der Waals surface area contributed by atoms with Gasteiger partial charge in [0.15, 0.2) is 0 Å². The van der Waals surface area contributed by atoms with Crippen LogP contribution in [0.5, 0.6) is 0 Å². The van der Waals surface area contributed by atoms with Gasteiger partial charge in [-0.2, -0.15) is 0 Å². The van der Waals surface area contributed by atoms with E-state index in [2.05, 4.69) is 16.2 Å². The highest BCUT2D eigenvalue weighted by Gasteiger charge is 2.34. The molecule has 0 aliphatic carbocycles. The third-order valence-electron chi connectivity index (χ3n) is 3.68. The van der Waals surface area contributed by atoms with Crippen molar-refractivity contribution in [1.82, 2.24) is 16.2 Å². The second-order valence-electron chi connectivity index (χ2n) is 6.85. The van der Waals surface area contributed by atoms with Gasteiger partial charge in [-0.3, -0.25) is 15.0 Å². The summed E-state index contributed by atoms with van der Waals surface area (Å²) in [6.07, 6.45) is -0.324. The molecule has 1 unspecified atom stereocenters. The van der Waals surface area contributed by atoms with Gasteiger partial charge in [0.2, 0.25) is 5.91 Å². The van der Waals surface area contributed by atoms with Crippen molar-refractivity contribution in [3.8, 4) is 0 Å². The molecule has 2 rings (SSSR count). The molecule has 1 aromatic carbocycles. The van der Waals surface area contributed by atoms with Crippen molar-refractivity contribution >= 4 is 23.6 Å². The molecule has 1 aliphatic heterocycles. The zero-order valence-electron chi connectivity index (χ0n) is 15.2. The Morgan fingerprint density at radius 3 is 2.58 bits per heavy atom. The minimum atomic E-state index is -0.704. The van der Waals surface area contributed by atoms with Crippen LogP contribution in [0.1, 0.15) is 37.6 Å². The lowest BCUT2D eigenvalue weighted by Crippen LogP contribution is -2.49. The monoisotopic (exact) mass is 366 g/mol. The Morgan fingerprint density at radius 1 is 1.31 bits per heavy atom. The molecule has 0 spiro atoms. The number of rotatable bonds is 4. The van der Waals surface area contributed by atoms with Crippen LogP contribution in [0.4, 0.5) is 14.9 Å². The van der Waals surface area contributed by atoms with Crippen molar-refractivity contribution in [3.05, 3.63) is 29.6 Å². The van der Waals surface area contributed by atoms with E-state index in [9.17, 15) is 18.8 Å². The molecule has 1 heterocycles. The molecular formula is C17H23FN4O4. The van der Waals surface area contributed by atoms with Crippen LogP contribution in [-0.4, -0.2) is 43.1 Å². The summed E-state index contributed by atoms with van der Waals surface area (Å²) in [5, 5.41) is 2.41. The summed E-state index contributed by atoms with van der Waals surface area (Å²) in [5.74, 6) is -1.46. The zero-order chi connectivity index (χ0) is 19.5. The fraction of sp³-hybridized carbons (Fsp3) is 0.471. The molecule has 1 fully saturated rings. The lowest BCUT2D eigenvalue weighted by molar-refractivity contribution is -0.119. The number of hydrogen-bond acceptors (Lipinski definition) is 5. The molecule has 0 aromatic heterocycles. The number of hydrazine groups is 1. The van der Waals surface area contributed by atoms with E-state index in [0.29, 0.717) is 6.42 Å². The lowest BCUT2D eigenvalue weighted by Gasteiger charge is -2.21. The Balaban J connectivity index is 2.00. The van der Waals surface area contributed by atoms with Crippen LogP contribution in [0.3, 0.4) is 0 Å². The van der Waals surface area contributed by atoms with Crippen LogP contribution < -0.4 is 21.1 Å². The van der Waals surface area contributed by atoms with Gasteiger partial charge in [0.05, 0.1) is 5.69 Å². The van der Waals surface area contributed by atoms with E-state index < -0.39 is 29.5 Å². The number of carbonyl (C=O) groups is 3. The Labute approximate surface area is 151 Å². The molecule has 3 amide bonds. The highest BCUT2D eigenvalue weighted by Crippen LogP contribution is 2.25. The van der Waals surface area contributed by atoms with Crippen molar-refractivity contribution in [2.45, 2.75) is 38.8 Å². The highest BCUT2D eigenvalue weighted by molar-refractivity contribution is 6.00. The number of hydrogen-bond donors (Lipinski definition) is 3. The van der Waals surface area contributed by atoms with Gasteiger partial charge in [-0.05, 0) is 45.4 Å². The van der Waals surface area contributed by atoms with Gasteiger partial charge < -0.3 is 15.0 Å². The summed E-state index contributed by atoms with van der Waals surface area (Å²) in [7, 11) is 1.45. The molecule has 0 radical (unpaired) electrons. The van der Waals surface area contributed by atoms with E-state index in [0.717, 1.165) is 6.07 Å². The van der Waals surface area contributed by atoms with E-state index in [1.54, 1.807) is 20.8 Å². The van der Waals surface area contributed by atoms with Crippen LogP contribution in [0.15, 0.2) is 18.2 Å². The fourth-order valence-electron chi connectivity index (χ4n) is 2.51. The number of amides is 3. The molecule has 3 N–H and O–H groups in total. The smallest absolute Gasteiger partial charge is 0.422 e. The molecule has 26 heavy (non-hydrogen) atoms. The first-order valence-corrected chi connectivity index (χ1v) is 8.20. The molecule has 9 heteroatoms. The van der Waals surface area contributed by atoms with Gasteiger partial charge >= 0.3 is 6.09 Å². The standard InChI is InChI=1S/C17H23FN4O4/c1-17(2,3)26-16(25)21-20-12-7-8-22(15(12)24)13-6-5-10(9-11(13)18)14(23)19-4/h5-6,9,12,20H,7-8H2,1-4H3,(H,19,23)(H,21,25). The Bertz CT molecular complexity index is 717. The molecule has 1 aliphatic rings. The summed E-state index contributed by atoms with van der Waals surface area (Å²) in [6.45, 7) is 5.45. The van der Waals surface area contributed by atoms with E-state index in [1.165, 1.54) is 24.1 Å². The molecule has 8 nitrogen and oxygen atoms in total. The normalized spacial score (nSPS) is 17.2. The van der Waals surface area contributed by atoms with Gasteiger partial charge in [0.25, 0.3) is 5.91 Å². The maximum absolute atomic E-state index is 14.3. The van der Waals surface area contributed by atoms with Gasteiger partial charge in [-0.15, -0.1) is 0 Å². The Kier molecular flexibility index (Phi) is 5.81. The lowest BCUT2D eigenvalue weighted by atomic mass is 10.1. The number of carbonyl (C=O) groups excluding carboxylic acids is 3. The van der Waals surface area contributed by atoms with Crippen LogP contribution in [0.2, 0.25) is 0 Å². The third-order valence-corrected chi connectivity index (χ3v) is 3.68. The predicted octanol–water partition coefficient (Wildman–Crippen LogP) is 1.32. The Morgan fingerprint density at radius 2 is 2.00 bits per heavy atom. The third kappa shape index (κ3) is 4.69. The van der Waals surface area contributed by atoms with E-state index >= 15 is 0 Å². The van der Waals surface area contributed by atoms with Crippen molar-refractivity contribution in [1.29, 1.82) is 0 Å². The van der Waals surface area contributed by atoms with Crippen molar-refractivity contribution in [3.63, 3.8) is 0 Å². The number of anilines is 1. The summed E-state index contributed by atoms with van der Waals surface area (Å²) in [4.78, 5) is 36.9. The van der Waals surface area contributed by atoms with Crippen LogP contribution in [-0.2, 0) is 9.53 Å². The molecule has 0 bridgehead atoms. The summed E-state index contributed by atoms with van der Waals surface area (Å²) in [6, 6.07) is 3.23. The second kappa shape index (κ2) is 7.69. The van der Waals surface area contributed by atoms with E-state index in [-0.39, 0.29) is 23.7 Å². The molecule has 142 valence electrons. The average molecular weight is 366 g/mol. The first kappa shape index (κ1) is 19.6. The van der Waals surface area contributed by atoms with Crippen LogP contribution in [0.25, 0.3) is 0 Å². The molecule has 1 aromatic rings. The van der Waals surface area contributed by atoms with Gasteiger partial charge in [-0.25, -0.2) is 14.6 Å². The van der Waals surface area contributed by atoms with E-state index in [4.69, 9.17) is 4.74 Å². The average Bonchev–Trinajstić information content (AvgIpc) is 2.91. The van der Waals surface area contributed by atoms with Crippen LogP contribution >= 0.6 is 0 Å². The number of nitrogens with zero attached hydrogens (tertiary/aromatic N) is 1. The number of nitrogens with one attached hydrogen (secondary N) is 3. The van der Waals surface area contributed by atoms with Crippen molar-refractivity contribution < 1.29 is 23.5 Å². The van der Waals surface area contributed by atoms with Crippen molar-refractivity contribution in [2.75, 3.05) is 18.5 Å². The number of benzene rings is 1. The molecule has 1 atom stereocenters. The SMILES string of the molecule is CNC(=O)c1ccc(N2CCC(NNC(=O)OC(C)(C)C)C2=O)c(F)c1. The first-order valence-electron chi connectivity index (χ1n) is 8.20. The molecule has 0 saturated carbocycles. The van der Waals surface area contributed by atoms with Gasteiger partial charge in [-0.1, -0.05) is 0 Å². The van der Waals surface area contributed by atoms with Crippen molar-refractivity contribution in [2.24, 2.45) is 0 Å². The predicted molar refractivity (Wildman–Crippen MR) is 93.1 cm³/mol. The first-order chi connectivity index (χ1) is 12.1. The van der Waals surface area contributed by atoms with Gasteiger partial charge in [0.1, 0.15) is 17.5 Å². The molecule has 1 saturated heterocycles. The quantitative estimate of drug-likeness (QED) is 0.698. The minimum Gasteiger partial charge on any atom is -0.443 e. The second-order valence-corrected chi connectivity index (χ2v) is 6.85. The summed E-state index contributed by atoms with van der Waals surface area (Å²) < 4.78 is 19.4. The Hall–Kier alpha value is -2.68. The topological polar surface area (TPSA) is 99.8 Å². The summed E-state index contributed by atoms with van der Waals surface area (Å²) in [5.41, 5.74) is 4.53. The highest BCUT2D eigenvalue weighted by atomic mass is 19.1. The number of halogens is 1. The van der Waals surface area contributed by atoms with E-state index in [1.807, 2.05) is 0 Å². The molecular weight excluding hydrogens is 343 g/mol. The fourth-order valence-corrected chi connectivity index (χ4v) is 2.51. The maximum Gasteiger partial charge on any atom is 0.422 e. The minimum absolute atomic E-state index is 0.0872. The summed E-state index contributed by atoms with van der Waals surface area (Å²) >= 11 is 0. The largest absolute Gasteiger partial charge is 0.443 e. The maximum atomic E-state index is 14.3. The number of ether oxygens (including phenoxy) is 1. The zero-order valence-corrected chi connectivity index (χ0v) is 15.2.